The van der Waals surface area contributed by atoms with Gasteiger partial charge in [-0.25, -0.2) is 0 Å². The molecule has 5 nitrogen and oxygen atoms in total. The fourth-order valence-corrected chi connectivity index (χ4v) is 2.67. The molecule has 28 heavy (non-hydrogen) atoms. The van der Waals surface area contributed by atoms with Crippen LogP contribution in [0.15, 0.2) is 78.9 Å². The highest BCUT2D eigenvalue weighted by molar-refractivity contribution is 5.96. The summed E-state index contributed by atoms with van der Waals surface area (Å²) in [5.41, 5.74) is 1.45. The molecule has 0 radical (unpaired) electrons. The number of carbonyl (C=O) groups is 1. The van der Waals surface area contributed by atoms with Gasteiger partial charge in [0, 0.05) is 6.54 Å². The smallest absolute Gasteiger partial charge is 0.255 e. The maximum Gasteiger partial charge on any atom is 0.255 e. The van der Waals surface area contributed by atoms with Gasteiger partial charge in [-0.05, 0) is 42.0 Å². The van der Waals surface area contributed by atoms with E-state index in [1.54, 1.807) is 19.2 Å². The fourth-order valence-electron chi connectivity index (χ4n) is 2.67. The summed E-state index contributed by atoms with van der Waals surface area (Å²) in [7, 11) is 1.62. The molecule has 0 atom stereocenters. The number of benzene rings is 3. The van der Waals surface area contributed by atoms with Crippen LogP contribution in [0.4, 0.5) is 0 Å². The molecule has 5 heteroatoms. The predicted molar refractivity (Wildman–Crippen MR) is 108 cm³/mol. The number of methoxy groups -OCH3 is 1. The van der Waals surface area contributed by atoms with Crippen molar-refractivity contribution in [1.29, 1.82) is 0 Å². The third-order valence-corrected chi connectivity index (χ3v) is 4.07. The van der Waals surface area contributed by atoms with Gasteiger partial charge in [-0.15, -0.1) is 0 Å². The predicted octanol–water partition coefficient (Wildman–Crippen LogP) is 4.08. The Balaban J connectivity index is 1.54. The van der Waals surface area contributed by atoms with E-state index in [9.17, 15) is 4.79 Å². The topological polar surface area (TPSA) is 56.8 Å². The van der Waals surface area contributed by atoms with Crippen LogP contribution >= 0.6 is 0 Å². The van der Waals surface area contributed by atoms with Gasteiger partial charge >= 0.3 is 0 Å². The zero-order chi connectivity index (χ0) is 19.6. The van der Waals surface area contributed by atoms with E-state index >= 15 is 0 Å². The summed E-state index contributed by atoms with van der Waals surface area (Å²) in [6.07, 6.45) is 0. The molecule has 0 bridgehead atoms. The van der Waals surface area contributed by atoms with Crippen molar-refractivity contribution >= 4 is 5.91 Å². The highest BCUT2D eigenvalue weighted by atomic mass is 16.5. The van der Waals surface area contributed by atoms with Crippen molar-refractivity contribution in [2.75, 3.05) is 20.3 Å². The summed E-state index contributed by atoms with van der Waals surface area (Å²) >= 11 is 0. The van der Waals surface area contributed by atoms with Gasteiger partial charge < -0.3 is 19.5 Å². The second kappa shape index (κ2) is 10.0. The molecule has 3 aromatic rings. The fraction of sp³-hybridized carbons (Fsp3) is 0.174. The molecule has 1 amide bonds. The van der Waals surface area contributed by atoms with Gasteiger partial charge in [0.1, 0.15) is 30.5 Å². The standard InChI is InChI=1S/C23H23NO4/c1-26-20-11-7-8-18(16-20)17-24-23(25)21-12-5-6-13-22(21)28-15-14-27-19-9-3-2-4-10-19/h2-13,16H,14-15,17H2,1H3,(H,24,25). The first-order chi connectivity index (χ1) is 13.8. The zero-order valence-corrected chi connectivity index (χ0v) is 15.8. The summed E-state index contributed by atoms with van der Waals surface area (Å²) in [5, 5.41) is 2.92. The number of nitrogens with one attached hydrogen (secondary N) is 1. The summed E-state index contributed by atoms with van der Waals surface area (Å²) < 4.78 is 16.6. The first-order valence-corrected chi connectivity index (χ1v) is 9.07. The normalized spacial score (nSPS) is 10.2. The zero-order valence-electron chi connectivity index (χ0n) is 15.8. The number of ether oxygens (including phenoxy) is 3. The third kappa shape index (κ3) is 5.51. The molecule has 0 aromatic heterocycles. The average Bonchev–Trinajstić information content (AvgIpc) is 2.76. The minimum absolute atomic E-state index is 0.192. The average molecular weight is 377 g/mol. The van der Waals surface area contributed by atoms with E-state index in [0.717, 1.165) is 17.1 Å². The van der Waals surface area contributed by atoms with E-state index < -0.39 is 0 Å². The monoisotopic (exact) mass is 377 g/mol. The van der Waals surface area contributed by atoms with E-state index in [1.807, 2.05) is 66.7 Å². The number of para-hydroxylation sites is 2. The maximum absolute atomic E-state index is 12.6. The molecule has 0 spiro atoms. The molecule has 0 aliphatic rings. The van der Waals surface area contributed by atoms with Crippen LogP contribution < -0.4 is 19.5 Å². The molecule has 0 heterocycles. The summed E-state index contributed by atoms with van der Waals surface area (Å²) in [5.74, 6) is 1.88. The van der Waals surface area contributed by atoms with Crippen LogP contribution in [0.25, 0.3) is 0 Å². The molecule has 0 unspecified atom stereocenters. The van der Waals surface area contributed by atoms with Crippen LogP contribution in [0.1, 0.15) is 15.9 Å². The van der Waals surface area contributed by atoms with Crippen LogP contribution in [-0.2, 0) is 6.54 Å². The second-order valence-corrected chi connectivity index (χ2v) is 6.04. The Morgan fingerprint density at radius 2 is 1.54 bits per heavy atom. The van der Waals surface area contributed by atoms with Gasteiger partial charge in [0.25, 0.3) is 5.91 Å². The number of carbonyl (C=O) groups excluding carboxylic acids is 1. The van der Waals surface area contributed by atoms with Gasteiger partial charge in [-0.2, -0.15) is 0 Å². The Morgan fingerprint density at radius 3 is 2.36 bits per heavy atom. The lowest BCUT2D eigenvalue weighted by Gasteiger charge is -2.12. The highest BCUT2D eigenvalue weighted by Gasteiger charge is 2.12. The third-order valence-electron chi connectivity index (χ3n) is 4.07. The molecule has 1 N–H and O–H groups in total. The van der Waals surface area contributed by atoms with Crippen LogP contribution in [0.3, 0.4) is 0 Å². The van der Waals surface area contributed by atoms with Crippen LogP contribution in [0.2, 0.25) is 0 Å². The van der Waals surface area contributed by atoms with E-state index in [4.69, 9.17) is 14.2 Å². The molecule has 3 aromatic carbocycles. The Hall–Kier alpha value is -3.47. The number of hydrogen-bond donors (Lipinski definition) is 1. The summed E-state index contributed by atoms with van der Waals surface area (Å²) in [6, 6.07) is 24.3. The summed E-state index contributed by atoms with van der Waals surface area (Å²) in [4.78, 5) is 12.6. The van der Waals surface area contributed by atoms with Crippen molar-refractivity contribution in [1.82, 2.24) is 5.32 Å². The van der Waals surface area contributed by atoms with Gasteiger partial charge in [0.05, 0.1) is 12.7 Å². The molecule has 0 aliphatic carbocycles. The number of rotatable bonds is 9. The van der Waals surface area contributed by atoms with Crippen LogP contribution in [-0.4, -0.2) is 26.2 Å². The van der Waals surface area contributed by atoms with Gasteiger partial charge in [0.2, 0.25) is 0 Å². The van der Waals surface area contributed by atoms with Crippen molar-refractivity contribution in [3.8, 4) is 17.2 Å². The van der Waals surface area contributed by atoms with E-state index in [-0.39, 0.29) is 5.91 Å². The molecule has 144 valence electrons. The highest BCUT2D eigenvalue weighted by Crippen LogP contribution is 2.19. The quantitative estimate of drug-likeness (QED) is 0.571. The van der Waals surface area contributed by atoms with Crippen molar-refractivity contribution < 1.29 is 19.0 Å². The molecule has 0 aliphatic heterocycles. The second-order valence-electron chi connectivity index (χ2n) is 6.04. The minimum atomic E-state index is -0.192. The van der Waals surface area contributed by atoms with E-state index in [0.29, 0.717) is 31.1 Å². The Morgan fingerprint density at radius 1 is 0.821 bits per heavy atom. The maximum atomic E-state index is 12.6. The largest absolute Gasteiger partial charge is 0.497 e. The van der Waals surface area contributed by atoms with Crippen molar-refractivity contribution in [2.45, 2.75) is 6.54 Å². The molecule has 0 fully saturated rings. The van der Waals surface area contributed by atoms with Crippen LogP contribution in [0, 0.1) is 0 Å². The Labute approximate surface area is 164 Å². The lowest BCUT2D eigenvalue weighted by Crippen LogP contribution is -2.23. The van der Waals surface area contributed by atoms with Crippen molar-refractivity contribution in [2.24, 2.45) is 0 Å². The van der Waals surface area contributed by atoms with E-state index in [2.05, 4.69) is 5.32 Å². The van der Waals surface area contributed by atoms with E-state index in [1.165, 1.54) is 0 Å². The molecule has 3 rings (SSSR count). The number of hydrogen-bond acceptors (Lipinski definition) is 4. The van der Waals surface area contributed by atoms with Gasteiger partial charge in [-0.3, -0.25) is 4.79 Å². The minimum Gasteiger partial charge on any atom is -0.497 e. The van der Waals surface area contributed by atoms with Gasteiger partial charge in [0.15, 0.2) is 0 Å². The number of amides is 1. The molecule has 0 saturated heterocycles. The lowest BCUT2D eigenvalue weighted by atomic mass is 10.1. The SMILES string of the molecule is COc1cccc(CNC(=O)c2ccccc2OCCOc2ccccc2)c1. The molecule has 0 saturated carbocycles. The van der Waals surface area contributed by atoms with Crippen molar-refractivity contribution in [3.63, 3.8) is 0 Å². The molecular weight excluding hydrogens is 354 g/mol. The first-order valence-electron chi connectivity index (χ1n) is 9.07. The lowest BCUT2D eigenvalue weighted by molar-refractivity contribution is 0.0945. The van der Waals surface area contributed by atoms with Crippen LogP contribution in [0.5, 0.6) is 17.2 Å². The first kappa shape index (κ1) is 19.3. The van der Waals surface area contributed by atoms with Gasteiger partial charge in [-0.1, -0.05) is 42.5 Å². The summed E-state index contributed by atoms with van der Waals surface area (Å²) in [6.45, 7) is 1.14. The Kier molecular flexibility index (Phi) is 6.90. The van der Waals surface area contributed by atoms with Crippen molar-refractivity contribution in [3.05, 3.63) is 90.0 Å². The Bertz CT molecular complexity index is 896. The molecular formula is C23H23NO4.